The first-order chi connectivity index (χ1) is 9.44. The summed E-state index contributed by atoms with van der Waals surface area (Å²) >= 11 is 0. The van der Waals surface area contributed by atoms with Crippen LogP contribution in [0.15, 0.2) is 30.3 Å². The molecule has 0 radical (unpaired) electrons. The number of nitrogens with zero attached hydrogens (tertiary/aromatic N) is 2. The Balaban J connectivity index is 2.40. The van der Waals surface area contributed by atoms with Gasteiger partial charge in [0, 0.05) is 5.56 Å². The van der Waals surface area contributed by atoms with Crippen LogP contribution in [0.5, 0.6) is 5.75 Å². The van der Waals surface area contributed by atoms with Crippen molar-refractivity contribution in [3.8, 4) is 5.75 Å². The first-order valence-electron chi connectivity index (χ1n) is 6.27. The third-order valence-electron chi connectivity index (χ3n) is 3.00. The zero-order valence-electron chi connectivity index (χ0n) is 11.8. The van der Waals surface area contributed by atoms with Crippen molar-refractivity contribution in [1.82, 2.24) is 10.2 Å². The second-order valence-corrected chi connectivity index (χ2v) is 5.05. The number of anilines is 1. The van der Waals surface area contributed by atoms with Gasteiger partial charge in [-0.3, -0.25) is 4.79 Å². The maximum Gasteiger partial charge on any atom is 0.153 e. The number of benzene rings is 1. The predicted octanol–water partition coefficient (Wildman–Crippen LogP) is 2.49. The Morgan fingerprint density at radius 2 is 1.95 bits per heavy atom. The molecular formula is C15H17N3O2. The SMILES string of the molecule is Cc1cc(C(C)(C)Oc2ccccc2C=O)c(N)nn1. The summed E-state index contributed by atoms with van der Waals surface area (Å²) in [6.45, 7) is 5.59. The van der Waals surface area contributed by atoms with Crippen LogP contribution in [0.2, 0.25) is 0 Å². The number of aryl methyl sites for hydroxylation is 1. The van der Waals surface area contributed by atoms with Crippen molar-refractivity contribution in [2.24, 2.45) is 0 Å². The molecule has 0 saturated carbocycles. The van der Waals surface area contributed by atoms with E-state index in [1.54, 1.807) is 18.2 Å². The number of aldehydes is 1. The minimum atomic E-state index is -0.718. The quantitative estimate of drug-likeness (QED) is 0.864. The summed E-state index contributed by atoms with van der Waals surface area (Å²) in [6, 6.07) is 8.90. The van der Waals surface area contributed by atoms with Gasteiger partial charge >= 0.3 is 0 Å². The molecule has 0 atom stereocenters. The zero-order chi connectivity index (χ0) is 14.8. The van der Waals surface area contributed by atoms with Crippen LogP contribution in [0.3, 0.4) is 0 Å². The highest BCUT2D eigenvalue weighted by Crippen LogP contribution is 2.31. The number of carbonyl (C=O) groups is 1. The van der Waals surface area contributed by atoms with E-state index in [-0.39, 0.29) is 0 Å². The molecule has 0 saturated heterocycles. The molecule has 5 nitrogen and oxygen atoms in total. The summed E-state index contributed by atoms with van der Waals surface area (Å²) in [5.41, 5.74) is 7.16. The summed E-state index contributed by atoms with van der Waals surface area (Å²) in [4.78, 5) is 11.0. The third kappa shape index (κ3) is 2.77. The van der Waals surface area contributed by atoms with Gasteiger partial charge in [0.05, 0.1) is 11.3 Å². The van der Waals surface area contributed by atoms with E-state index < -0.39 is 5.60 Å². The number of nitrogens with two attached hydrogens (primary N) is 1. The van der Waals surface area contributed by atoms with Crippen LogP contribution in [0.25, 0.3) is 0 Å². The van der Waals surface area contributed by atoms with Gasteiger partial charge in [0.15, 0.2) is 12.1 Å². The summed E-state index contributed by atoms with van der Waals surface area (Å²) in [5.74, 6) is 0.838. The maximum atomic E-state index is 11.0. The highest BCUT2D eigenvalue weighted by Gasteiger charge is 2.27. The van der Waals surface area contributed by atoms with Gasteiger partial charge < -0.3 is 10.5 Å². The Bertz CT molecular complexity index is 639. The van der Waals surface area contributed by atoms with Gasteiger partial charge in [-0.2, -0.15) is 5.10 Å². The van der Waals surface area contributed by atoms with E-state index in [2.05, 4.69) is 10.2 Å². The van der Waals surface area contributed by atoms with Gasteiger partial charge in [0.25, 0.3) is 0 Å². The lowest BCUT2D eigenvalue weighted by molar-refractivity contribution is 0.102. The van der Waals surface area contributed by atoms with Crippen molar-refractivity contribution in [3.05, 3.63) is 47.2 Å². The highest BCUT2D eigenvalue weighted by atomic mass is 16.5. The lowest BCUT2D eigenvalue weighted by Crippen LogP contribution is -2.28. The van der Waals surface area contributed by atoms with Crippen LogP contribution in [0, 0.1) is 6.92 Å². The van der Waals surface area contributed by atoms with E-state index in [1.807, 2.05) is 32.9 Å². The van der Waals surface area contributed by atoms with Crippen LogP contribution < -0.4 is 10.5 Å². The number of carbonyl (C=O) groups excluding carboxylic acids is 1. The summed E-state index contributed by atoms with van der Waals surface area (Å²) in [6.07, 6.45) is 0.769. The number of hydrogen-bond donors (Lipinski definition) is 1. The average Bonchev–Trinajstić information content (AvgIpc) is 2.41. The fraction of sp³-hybridized carbons (Fsp3) is 0.267. The number of hydrogen-bond acceptors (Lipinski definition) is 5. The van der Waals surface area contributed by atoms with Crippen molar-refractivity contribution in [3.63, 3.8) is 0 Å². The van der Waals surface area contributed by atoms with Crippen LogP contribution in [0.4, 0.5) is 5.82 Å². The number of aromatic nitrogens is 2. The molecule has 1 aromatic heterocycles. The van der Waals surface area contributed by atoms with Gasteiger partial charge in [-0.05, 0) is 39.0 Å². The summed E-state index contributed by atoms with van der Waals surface area (Å²) < 4.78 is 5.97. The lowest BCUT2D eigenvalue weighted by atomic mass is 9.98. The Kier molecular flexibility index (Phi) is 3.70. The molecule has 0 aliphatic heterocycles. The van der Waals surface area contributed by atoms with Gasteiger partial charge in [-0.25, -0.2) is 0 Å². The monoisotopic (exact) mass is 271 g/mol. The molecule has 20 heavy (non-hydrogen) atoms. The van der Waals surface area contributed by atoms with Crippen molar-refractivity contribution in [2.45, 2.75) is 26.4 Å². The van der Waals surface area contributed by atoms with E-state index in [0.717, 1.165) is 17.5 Å². The summed E-state index contributed by atoms with van der Waals surface area (Å²) in [5, 5.41) is 7.81. The van der Waals surface area contributed by atoms with E-state index in [9.17, 15) is 4.79 Å². The van der Waals surface area contributed by atoms with Crippen molar-refractivity contribution in [1.29, 1.82) is 0 Å². The fourth-order valence-corrected chi connectivity index (χ4v) is 1.98. The molecule has 0 spiro atoms. The van der Waals surface area contributed by atoms with E-state index >= 15 is 0 Å². The predicted molar refractivity (Wildman–Crippen MR) is 76.7 cm³/mol. The normalized spacial score (nSPS) is 11.2. The van der Waals surface area contributed by atoms with Crippen LogP contribution in [0.1, 0.15) is 35.5 Å². The molecule has 2 N–H and O–H groups in total. The van der Waals surface area contributed by atoms with E-state index in [4.69, 9.17) is 10.5 Å². The van der Waals surface area contributed by atoms with Crippen LogP contribution in [-0.2, 0) is 5.60 Å². The molecule has 0 aliphatic rings. The summed E-state index contributed by atoms with van der Waals surface area (Å²) in [7, 11) is 0. The minimum Gasteiger partial charge on any atom is -0.482 e. The second kappa shape index (κ2) is 5.28. The average molecular weight is 271 g/mol. The van der Waals surface area contributed by atoms with Gasteiger partial charge in [-0.1, -0.05) is 12.1 Å². The number of para-hydroxylation sites is 1. The first-order valence-corrected chi connectivity index (χ1v) is 6.27. The van der Waals surface area contributed by atoms with E-state index in [0.29, 0.717) is 17.1 Å². The second-order valence-electron chi connectivity index (χ2n) is 5.05. The van der Waals surface area contributed by atoms with E-state index in [1.165, 1.54) is 0 Å². The standard InChI is InChI=1S/C15H17N3O2/c1-10-8-12(14(16)18-17-10)15(2,3)20-13-7-5-4-6-11(13)9-19/h4-9H,1-3H3,(H2,16,18). The Labute approximate surface area is 117 Å². The molecule has 2 rings (SSSR count). The molecule has 0 amide bonds. The largest absolute Gasteiger partial charge is 0.482 e. The highest BCUT2D eigenvalue weighted by molar-refractivity contribution is 5.79. The Morgan fingerprint density at radius 1 is 1.25 bits per heavy atom. The van der Waals surface area contributed by atoms with Crippen LogP contribution in [-0.4, -0.2) is 16.5 Å². The Hall–Kier alpha value is -2.43. The number of rotatable bonds is 4. The minimum absolute atomic E-state index is 0.323. The molecule has 0 aliphatic carbocycles. The molecule has 1 aromatic carbocycles. The van der Waals surface area contributed by atoms with Gasteiger partial charge in [0.1, 0.15) is 11.4 Å². The molecular weight excluding hydrogens is 254 g/mol. The van der Waals surface area contributed by atoms with Gasteiger partial charge in [-0.15, -0.1) is 5.10 Å². The third-order valence-corrected chi connectivity index (χ3v) is 3.00. The van der Waals surface area contributed by atoms with Crippen LogP contribution >= 0.6 is 0 Å². The fourth-order valence-electron chi connectivity index (χ4n) is 1.98. The molecule has 2 aromatic rings. The molecule has 104 valence electrons. The van der Waals surface area contributed by atoms with Crippen molar-refractivity contribution in [2.75, 3.05) is 5.73 Å². The Morgan fingerprint density at radius 3 is 2.65 bits per heavy atom. The molecule has 0 fully saturated rings. The topological polar surface area (TPSA) is 78.1 Å². The number of nitrogen functional groups attached to an aromatic ring is 1. The van der Waals surface area contributed by atoms with Crippen molar-refractivity contribution < 1.29 is 9.53 Å². The smallest absolute Gasteiger partial charge is 0.153 e. The molecule has 5 heteroatoms. The van der Waals surface area contributed by atoms with Gasteiger partial charge in [0.2, 0.25) is 0 Å². The zero-order valence-corrected chi connectivity index (χ0v) is 11.8. The number of ether oxygens (including phenoxy) is 1. The lowest BCUT2D eigenvalue weighted by Gasteiger charge is -2.28. The first kappa shape index (κ1) is 14.0. The van der Waals surface area contributed by atoms with Crippen molar-refractivity contribution >= 4 is 12.1 Å². The maximum absolute atomic E-state index is 11.0. The molecule has 0 bridgehead atoms. The molecule has 1 heterocycles. The molecule has 0 unspecified atom stereocenters.